The Morgan fingerprint density at radius 2 is 1.22 bits per heavy atom. The Bertz CT molecular complexity index is 3310. The van der Waals surface area contributed by atoms with Gasteiger partial charge in [0.15, 0.2) is 0 Å². The topological polar surface area (TPSA) is 38.5 Å². The summed E-state index contributed by atoms with van der Waals surface area (Å²) in [5.41, 5.74) is 15.2. The monoisotopic (exact) mass is 788 g/mol. The molecular weight excluding hydrogens is 753 g/mol. The highest BCUT2D eigenvalue weighted by molar-refractivity contribution is 7.21. The molecule has 0 fully saturated rings. The number of benzene rings is 8. The zero-order valence-electron chi connectivity index (χ0n) is 32.5. The van der Waals surface area contributed by atoms with E-state index in [0.717, 1.165) is 95.3 Å². The van der Waals surface area contributed by atoms with Crippen molar-refractivity contribution < 1.29 is 9.15 Å². The number of para-hydroxylation sites is 2. The number of thiazole rings is 1. The lowest BCUT2D eigenvalue weighted by Gasteiger charge is -2.27. The molecule has 12 rings (SSSR count). The second-order valence-corrected chi connectivity index (χ2v) is 16.4. The molecular formula is C55H36N2O2S. The van der Waals surface area contributed by atoms with Gasteiger partial charge in [0.1, 0.15) is 27.7 Å². The number of furan rings is 1. The van der Waals surface area contributed by atoms with Crippen molar-refractivity contribution in [2.24, 2.45) is 0 Å². The zero-order chi connectivity index (χ0) is 39.6. The minimum Gasteiger partial charge on any atom is -0.460 e. The van der Waals surface area contributed by atoms with E-state index in [9.17, 15) is 0 Å². The number of fused-ring (bicyclic) bond motifs is 8. The summed E-state index contributed by atoms with van der Waals surface area (Å²) in [6.45, 7) is 0. The number of allylic oxidation sites excluding steroid dienone is 4. The molecule has 5 heteroatoms. The van der Waals surface area contributed by atoms with Crippen molar-refractivity contribution in [3.8, 4) is 38.6 Å². The predicted octanol–water partition coefficient (Wildman–Crippen LogP) is 15.5. The van der Waals surface area contributed by atoms with E-state index in [1.165, 1.54) is 21.4 Å². The van der Waals surface area contributed by atoms with Crippen LogP contribution in [-0.4, -0.2) is 4.98 Å². The van der Waals surface area contributed by atoms with E-state index in [4.69, 9.17) is 14.1 Å². The van der Waals surface area contributed by atoms with E-state index < -0.39 is 0 Å². The molecule has 3 heterocycles. The molecule has 1 atom stereocenters. The molecule has 60 heavy (non-hydrogen) atoms. The molecule has 1 aliphatic heterocycles. The van der Waals surface area contributed by atoms with Crippen LogP contribution in [0, 0.1) is 0 Å². The van der Waals surface area contributed by atoms with Crippen LogP contribution >= 0.6 is 11.3 Å². The Kier molecular flexibility index (Phi) is 8.13. The molecule has 2 aliphatic rings. The molecule has 4 nitrogen and oxygen atoms in total. The van der Waals surface area contributed by atoms with Gasteiger partial charge in [0.25, 0.3) is 0 Å². The van der Waals surface area contributed by atoms with Crippen LogP contribution in [0.15, 0.2) is 210 Å². The van der Waals surface area contributed by atoms with Gasteiger partial charge in [-0.2, -0.15) is 0 Å². The third-order valence-electron chi connectivity index (χ3n) is 11.9. The van der Waals surface area contributed by atoms with Crippen LogP contribution in [0.5, 0.6) is 5.75 Å². The summed E-state index contributed by atoms with van der Waals surface area (Å²) >= 11 is 1.76. The molecule has 0 saturated carbocycles. The molecule has 1 aliphatic carbocycles. The standard InChI is InChI=1S/C55H36N2O2S/c1-3-12-35(13-4-1)36-24-28-40(29-25-36)57(41-30-26-37(27-31-41)43-19-10-21-46-45-18-7-8-23-49(45)58-52(43)46)42-17-9-16-39(34-42)44-20-11-22-47-51-50(59-53(44)47)33-32-48-54(51)60-55(56-48)38-14-5-2-6-15-38/h1-21,23-34,47H,22H2. The Hall–Kier alpha value is -7.47. The highest BCUT2D eigenvalue weighted by Crippen LogP contribution is 2.53. The first kappa shape index (κ1) is 34.6. The third-order valence-corrected chi connectivity index (χ3v) is 13.0. The van der Waals surface area contributed by atoms with Gasteiger partial charge < -0.3 is 14.1 Å². The van der Waals surface area contributed by atoms with Crippen LogP contribution in [0.1, 0.15) is 23.5 Å². The first-order valence-corrected chi connectivity index (χ1v) is 21.2. The fourth-order valence-electron chi connectivity index (χ4n) is 9.01. The summed E-state index contributed by atoms with van der Waals surface area (Å²) in [4.78, 5) is 7.39. The molecule has 1 unspecified atom stereocenters. The quantitative estimate of drug-likeness (QED) is 0.161. The normalized spacial score (nSPS) is 14.4. The van der Waals surface area contributed by atoms with Crippen molar-refractivity contribution in [3.63, 3.8) is 0 Å². The van der Waals surface area contributed by atoms with Gasteiger partial charge in [-0.05, 0) is 83.3 Å². The summed E-state index contributed by atoms with van der Waals surface area (Å²) in [7, 11) is 0. The molecule has 0 N–H and O–H groups in total. The molecule has 10 aromatic rings. The second-order valence-electron chi connectivity index (χ2n) is 15.4. The van der Waals surface area contributed by atoms with E-state index >= 15 is 0 Å². The van der Waals surface area contributed by atoms with Gasteiger partial charge in [-0.25, -0.2) is 4.98 Å². The number of hydrogen-bond donors (Lipinski definition) is 0. The summed E-state index contributed by atoms with van der Waals surface area (Å²) < 4.78 is 14.5. The summed E-state index contributed by atoms with van der Waals surface area (Å²) in [6, 6.07) is 66.4. The van der Waals surface area contributed by atoms with Crippen LogP contribution in [0.3, 0.4) is 0 Å². The van der Waals surface area contributed by atoms with Crippen LogP contribution in [0.2, 0.25) is 0 Å². The van der Waals surface area contributed by atoms with Crippen molar-refractivity contribution in [1.29, 1.82) is 0 Å². The largest absolute Gasteiger partial charge is 0.460 e. The van der Waals surface area contributed by atoms with Crippen LogP contribution in [-0.2, 0) is 0 Å². The highest BCUT2D eigenvalue weighted by Gasteiger charge is 2.36. The van der Waals surface area contributed by atoms with E-state index in [0.29, 0.717) is 0 Å². The lowest BCUT2D eigenvalue weighted by Crippen LogP contribution is -2.11. The Balaban J connectivity index is 0.943. The predicted molar refractivity (Wildman–Crippen MR) is 248 cm³/mol. The average Bonchev–Trinajstić information content (AvgIpc) is 4.04. The molecule has 2 aromatic heterocycles. The maximum atomic E-state index is 6.82. The van der Waals surface area contributed by atoms with Gasteiger partial charge in [-0.1, -0.05) is 146 Å². The lowest BCUT2D eigenvalue weighted by atomic mass is 9.86. The van der Waals surface area contributed by atoms with Crippen molar-refractivity contribution in [1.82, 2.24) is 4.98 Å². The van der Waals surface area contributed by atoms with Gasteiger partial charge in [0.05, 0.1) is 16.1 Å². The minimum absolute atomic E-state index is 0.127. The van der Waals surface area contributed by atoms with E-state index in [-0.39, 0.29) is 5.92 Å². The summed E-state index contributed by atoms with van der Waals surface area (Å²) in [6.07, 6.45) is 5.42. The maximum Gasteiger partial charge on any atom is 0.143 e. The van der Waals surface area contributed by atoms with Crippen molar-refractivity contribution in [2.45, 2.75) is 12.3 Å². The Morgan fingerprint density at radius 3 is 2.02 bits per heavy atom. The summed E-state index contributed by atoms with van der Waals surface area (Å²) in [5, 5.41) is 3.29. The van der Waals surface area contributed by atoms with Gasteiger partial charge in [-0.15, -0.1) is 11.3 Å². The Labute approximate surface area is 351 Å². The molecule has 0 amide bonds. The number of rotatable bonds is 7. The number of aromatic nitrogens is 1. The van der Waals surface area contributed by atoms with Crippen LogP contribution < -0.4 is 9.64 Å². The van der Waals surface area contributed by atoms with Gasteiger partial charge in [0, 0.05) is 50.1 Å². The molecule has 0 saturated heterocycles. The van der Waals surface area contributed by atoms with E-state index in [1.54, 1.807) is 11.3 Å². The fraction of sp³-hybridized carbons (Fsp3) is 0.0364. The molecule has 0 spiro atoms. The summed E-state index contributed by atoms with van der Waals surface area (Å²) in [5.74, 6) is 2.07. The molecule has 0 radical (unpaired) electrons. The maximum absolute atomic E-state index is 6.82. The van der Waals surface area contributed by atoms with Gasteiger partial charge >= 0.3 is 0 Å². The van der Waals surface area contributed by atoms with Gasteiger partial charge in [-0.3, -0.25) is 0 Å². The second kappa shape index (κ2) is 14.1. The van der Waals surface area contributed by atoms with Crippen molar-refractivity contribution in [3.05, 3.63) is 217 Å². The number of ether oxygens (including phenoxy) is 1. The van der Waals surface area contributed by atoms with E-state index in [2.05, 4.69) is 187 Å². The van der Waals surface area contributed by atoms with Crippen LogP contribution in [0.25, 0.3) is 70.6 Å². The number of nitrogens with zero attached hydrogens (tertiary/aromatic N) is 2. The minimum atomic E-state index is 0.127. The molecule has 284 valence electrons. The van der Waals surface area contributed by atoms with Crippen LogP contribution in [0.4, 0.5) is 17.1 Å². The van der Waals surface area contributed by atoms with Gasteiger partial charge in [0.2, 0.25) is 0 Å². The first-order valence-electron chi connectivity index (χ1n) is 20.4. The number of anilines is 3. The molecule has 0 bridgehead atoms. The average molecular weight is 789 g/mol. The Morgan fingerprint density at radius 1 is 0.550 bits per heavy atom. The number of hydrogen-bond acceptors (Lipinski definition) is 5. The smallest absolute Gasteiger partial charge is 0.143 e. The fourth-order valence-corrected chi connectivity index (χ4v) is 10.2. The molecule has 8 aromatic carbocycles. The first-order chi connectivity index (χ1) is 29.7. The van der Waals surface area contributed by atoms with Crippen molar-refractivity contribution in [2.75, 3.05) is 4.90 Å². The SMILES string of the molecule is C1=CC(c2cccc(N(c3ccc(-c4ccccc4)cc3)c3ccc(-c4cccc5c4oc4ccccc45)cc3)c2)=C2Oc3ccc4nc(-c5ccccc5)sc4c3C2C1. The lowest BCUT2D eigenvalue weighted by molar-refractivity contribution is 0.429. The van der Waals surface area contributed by atoms with E-state index in [1.807, 2.05) is 18.2 Å². The third kappa shape index (κ3) is 5.77. The highest BCUT2D eigenvalue weighted by atomic mass is 32.1. The van der Waals surface area contributed by atoms with Crippen molar-refractivity contribution >= 4 is 66.1 Å². The zero-order valence-corrected chi connectivity index (χ0v) is 33.3.